The number of aliphatic hydroxyl groups excluding tert-OH is 1. The van der Waals surface area contributed by atoms with Gasteiger partial charge in [-0.2, -0.15) is 0 Å². The maximum absolute atomic E-state index is 12.3. The Morgan fingerprint density at radius 3 is 2.52 bits per heavy atom. The molecule has 5 nitrogen and oxygen atoms in total. The van der Waals surface area contributed by atoms with Crippen molar-refractivity contribution >= 4 is 11.9 Å². The smallest absolute Gasteiger partial charge is 0.306 e. The number of carbonyl (C=O) groups is 2. The highest BCUT2D eigenvalue weighted by Gasteiger charge is 2.31. The average molecular weight is 319 g/mol. The number of carbonyl (C=O) groups excluding carboxylic acids is 1. The van der Waals surface area contributed by atoms with Crippen molar-refractivity contribution in [3.8, 4) is 0 Å². The van der Waals surface area contributed by atoms with E-state index in [1.807, 2.05) is 30.3 Å². The van der Waals surface area contributed by atoms with E-state index >= 15 is 0 Å². The van der Waals surface area contributed by atoms with Crippen LogP contribution < -0.4 is 5.32 Å². The molecule has 23 heavy (non-hydrogen) atoms. The summed E-state index contributed by atoms with van der Waals surface area (Å²) >= 11 is 0. The Kier molecular flexibility index (Phi) is 6.59. The Hall–Kier alpha value is -1.88. The van der Waals surface area contributed by atoms with Gasteiger partial charge in [0.05, 0.1) is 5.92 Å². The first-order valence-electron chi connectivity index (χ1n) is 8.28. The normalized spacial score (nSPS) is 22.3. The van der Waals surface area contributed by atoms with Crippen molar-refractivity contribution in [1.82, 2.24) is 5.32 Å². The average Bonchev–Trinajstić information content (AvgIpc) is 2.59. The predicted octanol–water partition coefficient (Wildman–Crippen LogP) is 2.16. The first kappa shape index (κ1) is 17.5. The molecule has 0 spiro atoms. The van der Waals surface area contributed by atoms with E-state index < -0.39 is 11.9 Å². The van der Waals surface area contributed by atoms with Gasteiger partial charge in [-0.1, -0.05) is 36.8 Å². The molecule has 1 aromatic rings. The third kappa shape index (κ3) is 5.06. The third-order valence-electron chi connectivity index (χ3n) is 4.67. The molecule has 1 fully saturated rings. The number of aliphatic carboxylic acids is 1. The minimum absolute atomic E-state index is 0.0604. The molecule has 1 saturated carbocycles. The van der Waals surface area contributed by atoms with Crippen molar-refractivity contribution in [1.29, 1.82) is 0 Å². The largest absolute Gasteiger partial charge is 0.481 e. The van der Waals surface area contributed by atoms with Gasteiger partial charge in [0.25, 0.3) is 0 Å². The van der Waals surface area contributed by atoms with Crippen LogP contribution in [-0.4, -0.2) is 35.2 Å². The molecular weight excluding hydrogens is 294 g/mol. The van der Waals surface area contributed by atoms with Crippen molar-refractivity contribution in [2.24, 2.45) is 11.8 Å². The highest BCUT2D eigenvalue weighted by atomic mass is 16.4. The molecule has 0 saturated heterocycles. The highest BCUT2D eigenvalue weighted by molar-refractivity contribution is 5.80. The summed E-state index contributed by atoms with van der Waals surface area (Å²) in [6, 6.07) is 9.81. The standard InChI is InChI=1S/C18H25NO4/c20-10-9-16(13-5-2-1-3-6-13)12-19-17(21)14-7-4-8-15(11-14)18(22)23/h1-3,5-6,14-16,20H,4,7-12H2,(H,19,21)(H,22,23). The van der Waals surface area contributed by atoms with E-state index in [0.29, 0.717) is 25.8 Å². The maximum Gasteiger partial charge on any atom is 0.306 e. The van der Waals surface area contributed by atoms with Crippen molar-refractivity contribution in [3.63, 3.8) is 0 Å². The second-order valence-electron chi connectivity index (χ2n) is 6.26. The minimum Gasteiger partial charge on any atom is -0.481 e. The second-order valence-corrected chi connectivity index (χ2v) is 6.26. The molecule has 0 heterocycles. The Labute approximate surface area is 136 Å². The summed E-state index contributed by atoms with van der Waals surface area (Å²) in [5.74, 6) is -1.40. The lowest BCUT2D eigenvalue weighted by Crippen LogP contribution is -2.37. The van der Waals surface area contributed by atoms with E-state index in [-0.39, 0.29) is 24.3 Å². The van der Waals surface area contributed by atoms with Crippen molar-refractivity contribution in [3.05, 3.63) is 35.9 Å². The van der Waals surface area contributed by atoms with Crippen LogP contribution in [0, 0.1) is 11.8 Å². The minimum atomic E-state index is -0.801. The lowest BCUT2D eigenvalue weighted by molar-refractivity contribution is -0.144. The summed E-state index contributed by atoms with van der Waals surface area (Å²) in [5.41, 5.74) is 1.09. The molecular formula is C18H25NO4. The van der Waals surface area contributed by atoms with Crippen LogP contribution in [0.2, 0.25) is 0 Å². The van der Waals surface area contributed by atoms with Crippen LogP contribution in [0.1, 0.15) is 43.6 Å². The van der Waals surface area contributed by atoms with Crippen LogP contribution in [0.5, 0.6) is 0 Å². The SMILES string of the molecule is O=C(O)C1CCCC(C(=O)NCC(CCO)c2ccccc2)C1. The topological polar surface area (TPSA) is 86.6 Å². The van der Waals surface area contributed by atoms with Gasteiger partial charge in [-0.05, 0) is 31.2 Å². The van der Waals surface area contributed by atoms with Gasteiger partial charge < -0.3 is 15.5 Å². The van der Waals surface area contributed by atoms with Crippen molar-refractivity contribution in [2.75, 3.05) is 13.2 Å². The molecule has 3 N–H and O–H groups in total. The fourth-order valence-corrected chi connectivity index (χ4v) is 3.29. The molecule has 1 aromatic carbocycles. The zero-order chi connectivity index (χ0) is 16.7. The fourth-order valence-electron chi connectivity index (χ4n) is 3.29. The third-order valence-corrected chi connectivity index (χ3v) is 4.67. The van der Waals surface area contributed by atoms with Crippen molar-refractivity contribution in [2.45, 2.75) is 38.0 Å². The number of hydrogen-bond donors (Lipinski definition) is 3. The number of amides is 1. The lowest BCUT2D eigenvalue weighted by Gasteiger charge is -2.26. The monoisotopic (exact) mass is 319 g/mol. The zero-order valence-corrected chi connectivity index (χ0v) is 13.3. The van der Waals surface area contributed by atoms with Crippen LogP contribution >= 0.6 is 0 Å². The summed E-state index contributed by atoms with van der Waals surface area (Å²) in [6.45, 7) is 0.539. The first-order chi connectivity index (χ1) is 11.1. The summed E-state index contributed by atoms with van der Waals surface area (Å²) < 4.78 is 0. The van der Waals surface area contributed by atoms with Gasteiger partial charge in [-0.15, -0.1) is 0 Å². The Morgan fingerprint density at radius 2 is 1.87 bits per heavy atom. The number of carboxylic acids is 1. The molecule has 1 aliphatic rings. The van der Waals surface area contributed by atoms with Gasteiger partial charge in [-0.3, -0.25) is 9.59 Å². The van der Waals surface area contributed by atoms with Gasteiger partial charge in [0.15, 0.2) is 0 Å². The van der Waals surface area contributed by atoms with Gasteiger partial charge in [0, 0.05) is 25.0 Å². The molecule has 0 radical (unpaired) electrons. The summed E-state index contributed by atoms with van der Waals surface area (Å²) in [4.78, 5) is 23.4. The Balaban J connectivity index is 1.90. The van der Waals surface area contributed by atoms with E-state index in [0.717, 1.165) is 18.4 Å². The number of rotatable bonds is 7. The lowest BCUT2D eigenvalue weighted by atomic mass is 9.81. The highest BCUT2D eigenvalue weighted by Crippen LogP contribution is 2.29. The molecule has 2 rings (SSSR count). The van der Waals surface area contributed by atoms with E-state index in [4.69, 9.17) is 5.11 Å². The van der Waals surface area contributed by atoms with Crippen LogP contribution in [0.4, 0.5) is 0 Å². The zero-order valence-electron chi connectivity index (χ0n) is 13.3. The van der Waals surface area contributed by atoms with Gasteiger partial charge >= 0.3 is 5.97 Å². The number of aliphatic hydroxyl groups is 1. The molecule has 0 aromatic heterocycles. The van der Waals surface area contributed by atoms with E-state index in [1.165, 1.54) is 0 Å². The molecule has 1 aliphatic carbocycles. The first-order valence-corrected chi connectivity index (χ1v) is 8.28. The van der Waals surface area contributed by atoms with Gasteiger partial charge in [0.1, 0.15) is 0 Å². The number of hydrogen-bond acceptors (Lipinski definition) is 3. The molecule has 126 valence electrons. The molecule has 1 amide bonds. The van der Waals surface area contributed by atoms with Gasteiger partial charge in [0.2, 0.25) is 5.91 Å². The van der Waals surface area contributed by atoms with Crippen LogP contribution in [-0.2, 0) is 9.59 Å². The molecule has 3 atom stereocenters. The van der Waals surface area contributed by atoms with Crippen LogP contribution in [0.3, 0.4) is 0 Å². The van der Waals surface area contributed by atoms with E-state index in [2.05, 4.69) is 5.32 Å². The van der Waals surface area contributed by atoms with E-state index in [1.54, 1.807) is 0 Å². The summed E-state index contributed by atoms with van der Waals surface area (Å²) in [7, 11) is 0. The molecule has 3 unspecified atom stereocenters. The second kappa shape index (κ2) is 8.67. The fraction of sp³-hybridized carbons (Fsp3) is 0.556. The van der Waals surface area contributed by atoms with Crippen LogP contribution in [0.25, 0.3) is 0 Å². The maximum atomic E-state index is 12.3. The van der Waals surface area contributed by atoms with Gasteiger partial charge in [-0.25, -0.2) is 0 Å². The molecule has 0 aliphatic heterocycles. The Bertz CT molecular complexity index is 517. The summed E-state index contributed by atoms with van der Waals surface area (Å²) in [5, 5.41) is 21.3. The molecule has 0 bridgehead atoms. The predicted molar refractivity (Wildman–Crippen MR) is 87.0 cm³/mol. The Morgan fingerprint density at radius 1 is 1.17 bits per heavy atom. The van der Waals surface area contributed by atoms with Crippen LogP contribution in [0.15, 0.2) is 30.3 Å². The quantitative estimate of drug-likeness (QED) is 0.719. The van der Waals surface area contributed by atoms with Crippen molar-refractivity contribution < 1.29 is 19.8 Å². The summed E-state index contributed by atoms with van der Waals surface area (Å²) in [6.07, 6.45) is 3.22. The number of benzene rings is 1. The van der Waals surface area contributed by atoms with E-state index in [9.17, 15) is 14.7 Å². The number of nitrogens with one attached hydrogen (secondary N) is 1. The number of carboxylic acid groups (broad SMARTS) is 1. The molecule has 5 heteroatoms.